The minimum absolute atomic E-state index is 0.203. The van der Waals surface area contributed by atoms with Crippen LogP contribution >= 0.6 is 11.6 Å². The fourth-order valence-corrected chi connectivity index (χ4v) is 3.93. The van der Waals surface area contributed by atoms with Crippen molar-refractivity contribution in [3.63, 3.8) is 0 Å². The molecule has 0 aromatic heterocycles. The van der Waals surface area contributed by atoms with Crippen LogP contribution in [0.2, 0.25) is 0 Å². The van der Waals surface area contributed by atoms with Crippen LogP contribution in [0.25, 0.3) is 0 Å². The molecule has 1 fully saturated rings. The highest BCUT2D eigenvalue weighted by Crippen LogP contribution is 2.35. The van der Waals surface area contributed by atoms with E-state index in [0.29, 0.717) is 0 Å². The van der Waals surface area contributed by atoms with Gasteiger partial charge in [-0.3, -0.25) is 0 Å². The van der Waals surface area contributed by atoms with E-state index in [0.717, 1.165) is 25.2 Å². The molecule has 1 unspecified atom stereocenters. The lowest BCUT2D eigenvalue weighted by atomic mass is 9.91. The Balaban J connectivity index is 2.02. The van der Waals surface area contributed by atoms with E-state index < -0.39 is 0 Å². The normalized spacial score (nSPS) is 18.8. The van der Waals surface area contributed by atoms with E-state index in [1.807, 2.05) is 0 Å². The highest BCUT2D eigenvalue weighted by atomic mass is 35.5. The van der Waals surface area contributed by atoms with Crippen LogP contribution in [0.15, 0.2) is 18.2 Å². The van der Waals surface area contributed by atoms with Crippen molar-refractivity contribution in [1.82, 2.24) is 0 Å². The first-order valence-electron chi connectivity index (χ1n) is 8.50. The molecule has 2 rings (SSSR count). The van der Waals surface area contributed by atoms with E-state index in [9.17, 15) is 0 Å². The first kappa shape index (κ1) is 15.9. The molecule has 0 amide bonds. The first-order chi connectivity index (χ1) is 9.74. The van der Waals surface area contributed by atoms with Crippen LogP contribution in [0.4, 0.5) is 0 Å². The maximum absolute atomic E-state index is 6.72. The molecule has 0 spiro atoms. The summed E-state index contributed by atoms with van der Waals surface area (Å²) in [7, 11) is 0. The Bertz CT molecular complexity index is 402. The van der Waals surface area contributed by atoms with E-state index >= 15 is 0 Å². The van der Waals surface area contributed by atoms with Gasteiger partial charge in [-0.2, -0.15) is 0 Å². The summed E-state index contributed by atoms with van der Waals surface area (Å²) in [6.45, 7) is 4.48. The van der Waals surface area contributed by atoms with Gasteiger partial charge in [0.25, 0.3) is 0 Å². The number of hydrogen-bond acceptors (Lipinski definition) is 0. The van der Waals surface area contributed by atoms with E-state index in [4.69, 9.17) is 11.6 Å². The van der Waals surface area contributed by atoms with Gasteiger partial charge in [-0.15, -0.1) is 11.6 Å². The Labute approximate surface area is 129 Å². The molecule has 0 nitrogen and oxygen atoms in total. The SMILES string of the molecule is CCc1ccc(C(Cl)CC2CCCCCC2)cc1CC. The maximum Gasteiger partial charge on any atom is 0.0588 e. The summed E-state index contributed by atoms with van der Waals surface area (Å²) in [5.41, 5.74) is 4.30. The van der Waals surface area contributed by atoms with Crippen molar-refractivity contribution in [3.05, 3.63) is 34.9 Å². The van der Waals surface area contributed by atoms with Crippen LogP contribution in [-0.4, -0.2) is 0 Å². The molecule has 112 valence electrons. The predicted molar refractivity (Wildman–Crippen MR) is 89.6 cm³/mol. The molecular formula is C19H29Cl. The summed E-state index contributed by atoms with van der Waals surface area (Å²) >= 11 is 6.72. The fraction of sp³-hybridized carbons (Fsp3) is 0.684. The average Bonchev–Trinajstić information content (AvgIpc) is 2.75. The van der Waals surface area contributed by atoms with Crippen molar-refractivity contribution < 1.29 is 0 Å². The van der Waals surface area contributed by atoms with Crippen LogP contribution in [0.5, 0.6) is 0 Å². The number of aryl methyl sites for hydroxylation is 2. The van der Waals surface area contributed by atoms with E-state index in [2.05, 4.69) is 32.0 Å². The number of benzene rings is 1. The molecule has 1 aromatic carbocycles. The second-order valence-corrected chi connectivity index (χ2v) is 6.82. The van der Waals surface area contributed by atoms with Gasteiger partial charge in [-0.25, -0.2) is 0 Å². The van der Waals surface area contributed by atoms with Crippen molar-refractivity contribution in [1.29, 1.82) is 0 Å². The van der Waals surface area contributed by atoms with E-state index in [-0.39, 0.29) is 5.38 Å². The van der Waals surface area contributed by atoms with Gasteiger partial charge in [0.2, 0.25) is 0 Å². The zero-order valence-electron chi connectivity index (χ0n) is 13.1. The Morgan fingerprint density at radius 2 is 1.65 bits per heavy atom. The number of rotatable bonds is 5. The number of alkyl halides is 1. The van der Waals surface area contributed by atoms with Gasteiger partial charge in [0.05, 0.1) is 5.38 Å². The highest BCUT2D eigenvalue weighted by Gasteiger charge is 2.18. The Morgan fingerprint density at radius 1 is 1.00 bits per heavy atom. The summed E-state index contributed by atoms with van der Waals surface area (Å²) in [6, 6.07) is 6.90. The van der Waals surface area contributed by atoms with Crippen molar-refractivity contribution >= 4 is 11.6 Å². The minimum atomic E-state index is 0.203. The fourth-order valence-electron chi connectivity index (χ4n) is 3.54. The topological polar surface area (TPSA) is 0 Å². The van der Waals surface area contributed by atoms with Gasteiger partial charge >= 0.3 is 0 Å². The number of hydrogen-bond donors (Lipinski definition) is 0. The molecule has 1 saturated carbocycles. The lowest BCUT2D eigenvalue weighted by molar-refractivity contribution is 0.423. The minimum Gasteiger partial charge on any atom is -0.118 e. The second-order valence-electron chi connectivity index (χ2n) is 6.30. The molecule has 0 heterocycles. The molecule has 0 bridgehead atoms. The van der Waals surface area contributed by atoms with Crippen molar-refractivity contribution in [2.75, 3.05) is 0 Å². The summed E-state index contributed by atoms with van der Waals surface area (Å²) in [6.07, 6.45) is 11.8. The zero-order chi connectivity index (χ0) is 14.4. The molecule has 0 saturated heterocycles. The van der Waals surface area contributed by atoms with Gasteiger partial charge in [0.1, 0.15) is 0 Å². The third-order valence-electron chi connectivity index (χ3n) is 4.87. The summed E-state index contributed by atoms with van der Waals surface area (Å²) in [4.78, 5) is 0. The van der Waals surface area contributed by atoms with E-state index in [1.54, 1.807) is 0 Å². The molecule has 20 heavy (non-hydrogen) atoms. The molecule has 0 aliphatic heterocycles. The average molecular weight is 293 g/mol. The molecule has 1 aliphatic rings. The van der Waals surface area contributed by atoms with Crippen LogP contribution < -0.4 is 0 Å². The van der Waals surface area contributed by atoms with Gasteiger partial charge in [-0.1, -0.05) is 70.6 Å². The van der Waals surface area contributed by atoms with Crippen molar-refractivity contribution in [2.24, 2.45) is 5.92 Å². The largest absolute Gasteiger partial charge is 0.118 e. The van der Waals surface area contributed by atoms with Gasteiger partial charge in [0.15, 0.2) is 0 Å². The standard InChI is InChI=1S/C19H29Cl/c1-3-16-11-12-18(14-17(16)4-2)19(20)13-15-9-7-5-6-8-10-15/h11-12,14-15,19H,3-10,13H2,1-2H3. The molecule has 0 radical (unpaired) electrons. The molecule has 1 heteroatoms. The Morgan fingerprint density at radius 3 is 2.25 bits per heavy atom. The molecule has 0 N–H and O–H groups in total. The van der Waals surface area contributed by atoms with Crippen molar-refractivity contribution in [2.45, 2.75) is 77.0 Å². The summed E-state index contributed by atoms with van der Waals surface area (Å²) in [5, 5.41) is 0.203. The number of halogens is 1. The molecule has 1 aliphatic carbocycles. The van der Waals surface area contributed by atoms with Crippen LogP contribution in [0.1, 0.15) is 80.9 Å². The second kappa shape index (κ2) is 8.08. The monoisotopic (exact) mass is 292 g/mol. The highest BCUT2D eigenvalue weighted by molar-refractivity contribution is 6.20. The zero-order valence-corrected chi connectivity index (χ0v) is 13.9. The Hall–Kier alpha value is -0.490. The van der Waals surface area contributed by atoms with Gasteiger partial charge < -0.3 is 0 Å². The molecule has 1 atom stereocenters. The predicted octanol–water partition coefficient (Wildman–Crippen LogP) is 6.45. The summed E-state index contributed by atoms with van der Waals surface area (Å²) in [5.74, 6) is 0.843. The van der Waals surface area contributed by atoms with Crippen LogP contribution in [0, 0.1) is 5.92 Å². The van der Waals surface area contributed by atoms with Gasteiger partial charge in [-0.05, 0) is 41.9 Å². The first-order valence-corrected chi connectivity index (χ1v) is 8.94. The molecule has 1 aromatic rings. The maximum atomic E-state index is 6.72. The lowest BCUT2D eigenvalue weighted by Crippen LogP contribution is -2.04. The van der Waals surface area contributed by atoms with Gasteiger partial charge in [0, 0.05) is 0 Å². The molecular weight excluding hydrogens is 264 g/mol. The third-order valence-corrected chi connectivity index (χ3v) is 5.30. The smallest absolute Gasteiger partial charge is 0.0588 e. The lowest BCUT2D eigenvalue weighted by Gasteiger charge is -2.19. The Kier molecular flexibility index (Phi) is 6.42. The quantitative estimate of drug-likeness (QED) is 0.432. The van der Waals surface area contributed by atoms with Crippen LogP contribution in [0.3, 0.4) is 0 Å². The summed E-state index contributed by atoms with van der Waals surface area (Å²) < 4.78 is 0. The van der Waals surface area contributed by atoms with E-state index in [1.165, 1.54) is 55.2 Å². The van der Waals surface area contributed by atoms with Crippen LogP contribution in [-0.2, 0) is 12.8 Å². The van der Waals surface area contributed by atoms with Crippen molar-refractivity contribution in [3.8, 4) is 0 Å². The third kappa shape index (κ3) is 4.25.